The first-order valence-corrected chi connectivity index (χ1v) is 5.62. The van der Waals surface area contributed by atoms with E-state index in [1.807, 2.05) is 30.3 Å². The van der Waals surface area contributed by atoms with Crippen LogP contribution in [0.15, 0.2) is 48.7 Å². The van der Waals surface area contributed by atoms with E-state index in [1.54, 1.807) is 25.4 Å². The van der Waals surface area contributed by atoms with Crippen molar-refractivity contribution in [3.63, 3.8) is 0 Å². The summed E-state index contributed by atoms with van der Waals surface area (Å²) in [5.74, 6) is 1.21. The van der Waals surface area contributed by atoms with E-state index in [-0.39, 0.29) is 5.91 Å². The molecular weight excluding hydrogens is 228 g/mol. The molecule has 18 heavy (non-hydrogen) atoms. The topological polar surface area (TPSA) is 51.2 Å². The number of ether oxygens (including phenoxy) is 1. The van der Waals surface area contributed by atoms with Crippen LogP contribution in [0.2, 0.25) is 0 Å². The number of amides is 1. The smallest absolute Gasteiger partial charge is 0.229 e. The maximum Gasteiger partial charge on any atom is 0.229 e. The highest BCUT2D eigenvalue weighted by atomic mass is 16.5. The molecular formula is C14H14N2O2. The number of benzene rings is 1. The van der Waals surface area contributed by atoms with Gasteiger partial charge < -0.3 is 10.1 Å². The van der Waals surface area contributed by atoms with Gasteiger partial charge in [-0.15, -0.1) is 0 Å². The predicted molar refractivity (Wildman–Crippen MR) is 69.6 cm³/mol. The summed E-state index contributed by atoms with van der Waals surface area (Å²) in [6.45, 7) is 0. The number of hydrogen-bond acceptors (Lipinski definition) is 3. The summed E-state index contributed by atoms with van der Waals surface area (Å²) >= 11 is 0. The summed E-state index contributed by atoms with van der Waals surface area (Å²) in [6.07, 6.45) is 1.94. The van der Waals surface area contributed by atoms with Crippen molar-refractivity contribution in [2.24, 2.45) is 0 Å². The number of rotatable bonds is 4. The van der Waals surface area contributed by atoms with Crippen molar-refractivity contribution in [1.82, 2.24) is 4.98 Å². The van der Waals surface area contributed by atoms with Gasteiger partial charge in [0.05, 0.1) is 13.5 Å². The molecule has 0 radical (unpaired) electrons. The quantitative estimate of drug-likeness (QED) is 0.894. The van der Waals surface area contributed by atoms with Crippen molar-refractivity contribution < 1.29 is 9.53 Å². The van der Waals surface area contributed by atoms with Crippen molar-refractivity contribution in [2.75, 3.05) is 12.4 Å². The number of hydrogen-bond donors (Lipinski definition) is 1. The van der Waals surface area contributed by atoms with E-state index in [0.717, 1.165) is 11.3 Å². The number of nitrogens with zero attached hydrogens (tertiary/aromatic N) is 1. The van der Waals surface area contributed by atoms with Crippen LogP contribution in [0.1, 0.15) is 5.56 Å². The summed E-state index contributed by atoms with van der Waals surface area (Å²) < 4.78 is 5.11. The molecule has 4 nitrogen and oxygen atoms in total. The second-order valence-corrected chi connectivity index (χ2v) is 3.79. The van der Waals surface area contributed by atoms with Gasteiger partial charge in [-0.25, -0.2) is 4.98 Å². The van der Waals surface area contributed by atoms with Gasteiger partial charge in [0.25, 0.3) is 0 Å². The Labute approximate surface area is 106 Å². The van der Waals surface area contributed by atoms with Gasteiger partial charge in [-0.05, 0) is 29.8 Å². The van der Waals surface area contributed by atoms with Crippen LogP contribution in [-0.2, 0) is 11.2 Å². The largest absolute Gasteiger partial charge is 0.497 e. The van der Waals surface area contributed by atoms with Gasteiger partial charge in [-0.2, -0.15) is 0 Å². The van der Waals surface area contributed by atoms with Crippen LogP contribution in [-0.4, -0.2) is 18.0 Å². The van der Waals surface area contributed by atoms with Crippen LogP contribution in [0, 0.1) is 0 Å². The van der Waals surface area contributed by atoms with Crippen LogP contribution >= 0.6 is 0 Å². The molecule has 0 atom stereocenters. The molecule has 0 fully saturated rings. The average Bonchev–Trinajstić information content (AvgIpc) is 2.40. The van der Waals surface area contributed by atoms with E-state index in [0.29, 0.717) is 12.2 Å². The van der Waals surface area contributed by atoms with Gasteiger partial charge in [0, 0.05) is 6.20 Å². The zero-order valence-corrected chi connectivity index (χ0v) is 10.1. The summed E-state index contributed by atoms with van der Waals surface area (Å²) in [7, 11) is 1.60. The number of anilines is 1. The summed E-state index contributed by atoms with van der Waals surface area (Å²) in [6, 6.07) is 12.8. The fourth-order valence-electron chi connectivity index (χ4n) is 1.59. The lowest BCUT2D eigenvalue weighted by Crippen LogP contribution is -2.15. The Bertz CT molecular complexity index is 526. The molecule has 0 bridgehead atoms. The summed E-state index contributed by atoms with van der Waals surface area (Å²) in [4.78, 5) is 15.8. The monoisotopic (exact) mass is 242 g/mol. The van der Waals surface area contributed by atoms with Crippen LogP contribution in [0.4, 0.5) is 5.82 Å². The van der Waals surface area contributed by atoms with Gasteiger partial charge in [-0.1, -0.05) is 18.2 Å². The first kappa shape index (κ1) is 12.1. The summed E-state index contributed by atoms with van der Waals surface area (Å²) in [5.41, 5.74) is 0.905. The Balaban J connectivity index is 1.99. The van der Waals surface area contributed by atoms with Gasteiger partial charge >= 0.3 is 0 Å². The molecule has 2 rings (SSSR count). The number of aromatic nitrogens is 1. The van der Waals surface area contributed by atoms with Gasteiger partial charge in [0.2, 0.25) is 5.91 Å². The molecule has 0 saturated heterocycles. The maximum absolute atomic E-state index is 11.8. The predicted octanol–water partition coefficient (Wildman–Crippen LogP) is 2.27. The third-order valence-corrected chi connectivity index (χ3v) is 2.43. The zero-order chi connectivity index (χ0) is 12.8. The maximum atomic E-state index is 11.8. The van der Waals surface area contributed by atoms with E-state index in [1.165, 1.54) is 0 Å². The van der Waals surface area contributed by atoms with Crippen molar-refractivity contribution in [3.8, 4) is 5.75 Å². The Morgan fingerprint density at radius 2 is 2.17 bits per heavy atom. The van der Waals surface area contributed by atoms with Crippen molar-refractivity contribution >= 4 is 11.7 Å². The molecule has 1 aromatic carbocycles. The highest BCUT2D eigenvalue weighted by Gasteiger charge is 2.05. The lowest BCUT2D eigenvalue weighted by atomic mass is 10.1. The molecule has 4 heteroatoms. The third-order valence-electron chi connectivity index (χ3n) is 2.43. The van der Waals surface area contributed by atoms with Gasteiger partial charge in [0.15, 0.2) is 0 Å². The molecule has 0 saturated carbocycles. The number of carbonyl (C=O) groups is 1. The minimum atomic E-state index is -0.0954. The fourth-order valence-corrected chi connectivity index (χ4v) is 1.59. The second kappa shape index (κ2) is 5.82. The second-order valence-electron chi connectivity index (χ2n) is 3.79. The highest BCUT2D eigenvalue weighted by molar-refractivity contribution is 5.91. The van der Waals surface area contributed by atoms with E-state index in [2.05, 4.69) is 10.3 Å². The number of nitrogens with one attached hydrogen (secondary N) is 1. The Hall–Kier alpha value is -2.36. The fraction of sp³-hybridized carbons (Fsp3) is 0.143. The Kier molecular flexibility index (Phi) is 3.91. The molecule has 1 heterocycles. The molecule has 1 aromatic heterocycles. The van der Waals surface area contributed by atoms with Crippen molar-refractivity contribution in [1.29, 1.82) is 0 Å². The first-order valence-electron chi connectivity index (χ1n) is 5.62. The molecule has 0 unspecified atom stereocenters. The van der Waals surface area contributed by atoms with E-state index >= 15 is 0 Å². The molecule has 0 aliphatic carbocycles. The molecule has 0 spiro atoms. The summed E-state index contributed by atoms with van der Waals surface area (Å²) in [5, 5.41) is 2.74. The Morgan fingerprint density at radius 1 is 1.28 bits per heavy atom. The number of methoxy groups -OCH3 is 1. The number of carbonyl (C=O) groups excluding carboxylic acids is 1. The number of pyridine rings is 1. The molecule has 1 N–H and O–H groups in total. The third kappa shape index (κ3) is 3.31. The highest BCUT2D eigenvalue weighted by Crippen LogP contribution is 2.13. The van der Waals surface area contributed by atoms with E-state index < -0.39 is 0 Å². The molecule has 1 amide bonds. The normalized spacial score (nSPS) is 9.83. The van der Waals surface area contributed by atoms with E-state index in [9.17, 15) is 4.79 Å². The standard InChI is InChI=1S/C14H14N2O2/c1-18-12-6-4-5-11(9-12)10-14(17)16-13-7-2-3-8-15-13/h2-9H,10H2,1H3,(H,15,16,17). The molecule has 2 aromatic rings. The Morgan fingerprint density at radius 3 is 2.89 bits per heavy atom. The molecule has 0 aliphatic heterocycles. The van der Waals surface area contributed by atoms with Crippen molar-refractivity contribution in [2.45, 2.75) is 6.42 Å². The van der Waals surface area contributed by atoms with Gasteiger partial charge in [0.1, 0.15) is 11.6 Å². The van der Waals surface area contributed by atoms with Crippen LogP contribution in [0.3, 0.4) is 0 Å². The van der Waals surface area contributed by atoms with Crippen LogP contribution < -0.4 is 10.1 Å². The lowest BCUT2D eigenvalue weighted by Gasteiger charge is -2.05. The first-order chi connectivity index (χ1) is 8.78. The minimum absolute atomic E-state index is 0.0954. The zero-order valence-electron chi connectivity index (χ0n) is 10.1. The molecule has 92 valence electrons. The molecule has 0 aliphatic rings. The lowest BCUT2D eigenvalue weighted by molar-refractivity contribution is -0.115. The van der Waals surface area contributed by atoms with Crippen LogP contribution in [0.5, 0.6) is 5.75 Å². The van der Waals surface area contributed by atoms with Crippen molar-refractivity contribution in [3.05, 3.63) is 54.2 Å². The van der Waals surface area contributed by atoms with E-state index in [4.69, 9.17) is 4.74 Å². The SMILES string of the molecule is COc1cccc(CC(=O)Nc2ccccn2)c1. The van der Waals surface area contributed by atoms with Gasteiger partial charge in [-0.3, -0.25) is 4.79 Å². The van der Waals surface area contributed by atoms with Crippen LogP contribution in [0.25, 0.3) is 0 Å². The minimum Gasteiger partial charge on any atom is -0.497 e. The average molecular weight is 242 g/mol.